The summed E-state index contributed by atoms with van der Waals surface area (Å²) in [5.41, 5.74) is 1.59. The summed E-state index contributed by atoms with van der Waals surface area (Å²) >= 11 is 0. The molecule has 32 heavy (non-hydrogen) atoms. The largest absolute Gasteiger partial charge is 0.368 e. The summed E-state index contributed by atoms with van der Waals surface area (Å²) in [4.78, 5) is 25.0. The maximum atomic E-state index is 13.0. The standard InChI is InChI=1S/C23H21N3O5S/c27-21(24-16-9-11-17(12-10-16)25-23(28)19-7-3-13-31-19)14-26-18-6-1-4-15-5-2-8-20(22(15)18)32(26,29)30/h1-2,4-6,8-12,19H,3,7,13-14H2,(H,24,27)(H,25,28). The van der Waals surface area contributed by atoms with E-state index in [9.17, 15) is 18.0 Å². The molecule has 2 amide bonds. The van der Waals surface area contributed by atoms with Gasteiger partial charge >= 0.3 is 0 Å². The number of hydrogen-bond acceptors (Lipinski definition) is 5. The highest BCUT2D eigenvalue weighted by molar-refractivity contribution is 7.93. The highest BCUT2D eigenvalue weighted by Crippen LogP contribution is 2.41. The Morgan fingerprint density at radius 1 is 0.969 bits per heavy atom. The van der Waals surface area contributed by atoms with E-state index in [1.165, 1.54) is 0 Å². The molecule has 0 aliphatic carbocycles. The summed E-state index contributed by atoms with van der Waals surface area (Å²) < 4.78 is 32.5. The highest BCUT2D eigenvalue weighted by Gasteiger charge is 2.36. The lowest BCUT2D eigenvalue weighted by atomic mass is 10.1. The summed E-state index contributed by atoms with van der Waals surface area (Å²) in [6.45, 7) is 0.253. The number of hydrogen-bond donors (Lipinski definition) is 2. The van der Waals surface area contributed by atoms with Crippen molar-refractivity contribution in [3.63, 3.8) is 0 Å². The fourth-order valence-corrected chi connectivity index (χ4v) is 5.77. The van der Waals surface area contributed by atoms with Crippen molar-refractivity contribution in [1.82, 2.24) is 0 Å². The molecule has 9 heteroatoms. The second kappa shape index (κ2) is 7.92. The Morgan fingerprint density at radius 2 is 1.66 bits per heavy atom. The van der Waals surface area contributed by atoms with E-state index >= 15 is 0 Å². The second-order valence-corrected chi connectivity index (χ2v) is 9.59. The monoisotopic (exact) mass is 451 g/mol. The van der Waals surface area contributed by atoms with Crippen LogP contribution in [0.25, 0.3) is 10.8 Å². The van der Waals surface area contributed by atoms with Crippen molar-refractivity contribution in [3.8, 4) is 0 Å². The van der Waals surface area contributed by atoms with Crippen LogP contribution in [0.1, 0.15) is 12.8 Å². The van der Waals surface area contributed by atoms with Gasteiger partial charge in [0.15, 0.2) is 0 Å². The van der Waals surface area contributed by atoms with Crippen LogP contribution in [0.2, 0.25) is 0 Å². The molecule has 2 heterocycles. The zero-order chi connectivity index (χ0) is 22.3. The lowest BCUT2D eigenvalue weighted by Crippen LogP contribution is -2.35. The topological polar surface area (TPSA) is 105 Å². The van der Waals surface area contributed by atoms with E-state index in [0.29, 0.717) is 35.5 Å². The first-order valence-electron chi connectivity index (χ1n) is 10.3. The van der Waals surface area contributed by atoms with Crippen molar-refractivity contribution in [3.05, 3.63) is 60.7 Å². The van der Waals surface area contributed by atoms with Gasteiger partial charge < -0.3 is 15.4 Å². The minimum absolute atomic E-state index is 0.188. The second-order valence-electron chi connectivity index (χ2n) is 7.76. The predicted molar refractivity (Wildman–Crippen MR) is 121 cm³/mol. The fourth-order valence-electron chi connectivity index (χ4n) is 4.10. The average Bonchev–Trinajstić information content (AvgIpc) is 3.39. The molecule has 3 aromatic rings. The third kappa shape index (κ3) is 3.59. The lowest BCUT2D eigenvalue weighted by Gasteiger charge is -2.18. The van der Waals surface area contributed by atoms with Crippen molar-refractivity contribution in [2.45, 2.75) is 23.8 Å². The minimum Gasteiger partial charge on any atom is -0.368 e. The average molecular weight is 452 g/mol. The van der Waals surface area contributed by atoms with E-state index in [2.05, 4.69) is 10.6 Å². The van der Waals surface area contributed by atoms with E-state index in [4.69, 9.17) is 4.74 Å². The maximum absolute atomic E-state index is 13.0. The van der Waals surface area contributed by atoms with Gasteiger partial charge in [-0.2, -0.15) is 0 Å². The number of carbonyl (C=O) groups excluding carboxylic acids is 2. The SMILES string of the molecule is O=C(CN1c2cccc3cccc(c23)S1(=O)=O)Nc1ccc(NC(=O)C2CCCO2)cc1. The zero-order valence-corrected chi connectivity index (χ0v) is 17.9. The highest BCUT2D eigenvalue weighted by atomic mass is 32.2. The third-order valence-electron chi connectivity index (χ3n) is 5.63. The van der Waals surface area contributed by atoms with Crippen LogP contribution in [0.4, 0.5) is 17.1 Å². The van der Waals surface area contributed by atoms with Crippen LogP contribution < -0.4 is 14.9 Å². The number of amides is 2. The normalized spacial score (nSPS) is 18.6. The molecule has 2 aliphatic heterocycles. The molecule has 0 bridgehead atoms. The first-order valence-corrected chi connectivity index (χ1v) is 11.7. The Bertz CT molecular complexity index is 1310. The van der Waals surface area contributed by atoms with Crippen molar-refractivity contribution >= 4 is 49.7 Å². The van der Waals surface area contributed by atoms with Crippen LogP contribution in [-0.4, -0.2) is 39.5 Å². The fraction of sp³-hybridized carbons (Fsp3) is 0.217. The summed E-state index contributed by atoms with van der Waals surface area (Å²) in [5.74, 6) is -0.651. The zero-order valence-electron chi connectivity index (χ0n) is 17.1. The van der Waals surface area contributed by atoms with Gasteiger partial charge in [-0.15, -0.1) is 0 Å². The Kier molecular flexibility index (Phi) is 5.07. The van der Waals surface area contributed by atoms with Crippen LogP contribution in [0.15, 0.2) is 65.6 Å². The maximum Gasteiger partial charge on any atom is 0.265 e. The van der Waals surface area contributed by atoms with Crippen LogP contribution in [0.5, 0.6) is 0 Å². The van der Waals surface area contributed by atoms with E-state index in [1.807, 2.05) is 12.1 Å². The van der Waals surface area contributed by atoms with Gasteiger partial charge in [-0.25, -0.2) is 8.42 Å². The van der Waals surface area contributed by atoms with Crippen LogP contribution >= 0.6 is 0 Å². The third-order valence-corrected chi connectivity index (χ3v) is 7.43. The molecule has 1 saturated heterocycles. The van der Waals surface area contributed by atoms with Gasteiger partial charge in [0.25, 0.3) is 15.9 Å². The lowest BCUT2D eigenvalue weighted by molar-refractivity contribution is -0.124. The number of rotatable bonds is 5. The van der Waals surface area contributed by atoms with Crippen LogP contribution in [-0.2, 0) is 24.3 Å². The Hall–Kier alpha value is -3.43. The van der Waals surface area contributed by atoms with E-state index in [0.717, 1.165) is 16.1 Å². The molecule has 1 fully saturated rings. The van der Waals surface area contributed by atoms with Gasteiger partial charge in [-0.1, -0.05) is 24.3 Å². The Labute approximate surface area is 185 Å². The van der Waals surface area contributed by atoms with Crippen molar-refractivity contribution < 1.29 is 22.7 Å². The Balaban J connectivity index is 1.27. The van der Waals surface area contributed by atoms with Gasteiger partial charge in [-0.05, 0) is 54.6 Å². The molecule has 0 saturated carbocycles. The Morgan fingerprint density at radius 3 is 2.34 bits per heavy atom. The molecule has 1 atom stereocenters. The molecule has 8 nitrogen and oxygen atoms in total. The van der Waals surface area contributed by atoms with Crippen LogP contribution in [0, 0.1) is 0 Å². The molecule has 0 aromatic heterocycles. The van der Waals surface area contributed by atoms with E-state index in [1.54, 1.807) is 48.5 Å². The van der Waals surface area contributed by atoms with Gasteiger partial charge in [0.1, 0.15) is 12.6 Å². The quantitative estimate of drug-likeness (QED) is 0.620. The molecule has 2 aliphatic rings. The molecule has 0 spiro atoms. The molecule has 3 aromatic carbocycles. The molecular weight excluding hydrogens is 430 g/mol. The van der Waals surface area contributed by atoms with Gasteiger partial charge in [-0.3, -0.25) is 13.9 Å². The molecule has 0 radical (unpaired) electrons. The van der Waals surface area contributed by atoms with E-state index in [-0.39, 0.29) is 17.3 Å². The summed E-state index contributed by atoms with van der Waals surface area (Å²) in [7, 11) is -3.80. The molecule has 164 valence electrons. The number of sulfonamides is 1. The number of nitrogens with zero attached hydrogens (tertiary/aromatic N) is 1. The number of benzene rings is 3. The van der Waals surface area contributed by atoms with Gasteiger partial charge in [0.05, 0.1) is 10.6 Å². The van der Waals surface area contributed by atoms with Crippen molar-refractivity contribution in [1.29, 1.82) is 0 Å². The van der Waals surface area contributed by atoms with Gasteiger partial charge in [0, 0.05) is 23.4 Å². The summed E-state index contributed by atoms with van der Waals surface area (Å²) in [5, 5.41) is 6.96. The summed E-state index contributed by atoms with van der Waals surface area (Å²) in [6.07, 6.45) is 1.15. The summed E-state index contributed by atoms with van der Waals surface area (Å²) in [6, 6.07) is 17.1. The van der Waals surface area contributed by atoms with Crippen LogP contribution in [0.3, 0.4) is 0 Å². The number of ether oxygens (including phenoxy) is 1. The molecular formula is C23H21N3O5S. The first kappa shape index (κ1) is 20.5. The van der Waals surface area contributed by atoms with E-state index < -0.39 is 22.0 Å². The number of anilines is 3. The number of carbonyl (C=O) groups is 2. The predicted octanol–water partition coefficient (Wildman–Crippen LogP) is 3.10. The first-order chi connectivity index (χ1) is 15.4. The van der Waals surface area contributed by atoms with Crippen molar-refractivity contribution in [2.24, 2.45) is 0 Å². The molecule has 2 N–H and O–H groups in total. The smallest absolute Gasteiger partial charge is 0.265 e. The molecule has 5 rings (SSSR count). The van der Waals surface area contributed by atoms with Gasteiger partial charge in [0.2, 0.25) is 5.91 Å². The molecule has 1 unspecified atom stereocenters. The minimum atomic E-state index is -3.80. The van der Waals surface area contributed by atoms with Crippen molar-refractivity contribution in [2.75, 3.05) is 28.1 Å². The number of nitrogens with one attached hydrogen (secondary N) is 2.